The molecule has 1 rings (SSSR count). The lowest BCUT2D eigenvalue weighted by Gasteiger charge is -1.98. The third-order valence-electron chi connectivity index (χ3n) is 1.64. The summed E-state index contributed by atoms with van der Waals surface area (Å²) in [6.45, 7) is 0. The van der Waals surface area contributed by atoms with Gasteiger partial charge < -0.3 is 5.73 Å². The summed E-state index contributed by atoms with van der Waals surface area (Å²) in [5.74, 6) is -1.40. The van der Waals surface area contributed by atoms with Gasteiger partial charge in [0.05, 0.1) is 0 Å². The Hall–Kier alpha value is -1.67. The van der Waals surface area contributed by atoms with Gasteiger partial charge in [0.15, 0.2) is 0 Å². The van der Waals surface area contributed by atoms with Gasteiger partial charge in [0.1, 0.15) is 17.5 Å². The van der Waals surface area contributed by atoms with Gasteiger partial charge in [-0.1, -0.05) is 15.9 Å². The predicted octanol–water partition coefficient (Wildman–Crippen LogP) is 1.98. The molecule has 0 saturated heterocycles. The van der Waals surface area contributed by atoms with Crippen molar-refractivity contribution in [1.29, 1.82) is 5.26 Å². The zero-order valence-corrected chi connectivity index (χ0v) is 9.08. The first kappa shape index (κ1) is 11.4. The molecule has 3 nitrogen and oxygen atoms in total. The zero-order valence-electron chi connectivity index (χ0n) is 7.50. The van der Waals surface area contributed by atoms with Gasteiger partial charge in [0, 0.05) is 10.0 Å². The second-order valence-electron chi connectivity index (χ2n) is 2.70. The molecular formula is C10H6BrFN2O. The molecular weight excluding hydrogens is 263 g/mol. The van der Waals surface area contributed by atoms with Crippen LogP contribution in [0, 0.1) is 17.1 Å². The number of amides is 1. The minimum absolute atomic E-state index is 0.139. The average molecular weight is 269 g/mol. The van der Waals surface area contributed by atoms with Crippen LogP contribution in [0.4, 0.5) is 4.39 Å². The lowest BCUT2D eigenvalue weighted by atomic mass is 10.1. The second kappa shape index (κ2) is 4.71. The molecule has 0 bridgehead atoms. The highest BCUT2D eigenvalue weighted by Gasteiger charge is 2.06. The first-order valence-electron chi connectivity index (χ1n) is 3.91. The Morgan fingerprint density at radius 1 is 1.60 bits per heavy atom. The lowest BCUT2D eigenvalue weighted by Crippen LogP contribution is -2.12. The molecule has 0 aliphatic heterocycles. The van der Waals surface area contributed by atoms with Crippen molar-refractivity contribution in [2.75, 3.05) is 0 Å². The van der Waals surface area contributed by atoms with E-state index in [1.165, 1.54) is 18.2 Å². The van der Waals surface area contributed by atoms with Crippen molar-refractivity contribution in [2.24, 2.45) is 5.73 Å². The summed E-state index contributed by atoms with van der Waals surface area (Å²) < 4.78 is 13.9. The Morgan fingerprint density at radius 2 is 2.27 bits per heavy atom. The molecule has 0 radical (unpaired) electrons. The third-order valence-corrected chi connectivity index (χ3v) is 2.14. The molecule has 5 heteroatoms. The van der Waals surface area contributed by atoms with Gasteiger partial charge in [0.25, 0.3) is 5.91 Å². The number of primary amides is 1. The van der Waals surface area contributed by atoms with E-state index in [9.17, 15) is 9.18 Å². The first-order valence-corrected chi connectivity index (χ1v) is 4.70. The van der Waals surface area contributed by atoms with E-state index in [0.717, 1.165) is 6.08 Å². The van der Waals surface area contributed by atoms with E-state index in [4.69, 9.17) is 11.0 Å². The minimum Gasteiger partial charge on any atom is -0.365 e. The van der Waals surface area contributed by atoms with Crippen LogP contribution in [0.15, 0.2) is 28.2 Å². The number of nitriles is 1. The highest BCUT2D eigenvalue weighted by atomic mass is 79.9. The largest absolute Gasteiger partial charge is 0.365 e. The highest BCUT2D eigenvalue weighted by molar-refractivity contribution is 9.10. The van der Waals surface area contributed by atoms with Gasteiger partial charge in [-0.3, -0.25) is 4.79 Å². The van der Waals surface area contributed by atoms with E-state index in [1.54, 1.807) is 6.07 Å². The summed E-state index contributed by atoms with van der Waals surface area (Å²) in [6.07, 6.45) is 1.11. The molecule has 76 valence electrons. The SMILES string of the molecule is N#CC(=Cc1cc(Br)ccc1F)C(N)=O. The van der Waals surface area contributed by atoms with Crippen molar-refractivity contribution in [3.63, 3.8) is 0 Å². The maximum Gasteiger partial charge on any atom is 0.259 e. The smallest absolute Gasteiger partial charge is 0.259 e. The minimum atomic E-state index is -0.878. The second-order valence-corrected chi connectivity index (χ2v) is 3.62. The van der Waals surface area contributed by atoms with Gasteiger partial charge in [0.2, 0.25) is 0 Å². The number of hydrogen-bond acceptors (Lipinski definition) is 2. The molecule has 0 aliphatic rings. The molecule has 0 aliphatic carbocycles. The molecule has 1 amide bonds. The van der Waals surface area contributed by atoms with E-state index >= 15 is 0 Å². The Labute approximate surface area is 94.1 Å². The van der Waals surface area contributed by atoms with Crippen LogP contribution in [-0.4, -0.2) is 5.91 Å². The molecule has 0 saturated carbocycles. The molecule has 0 atom stereocenters. The summed E-state index contributed by atoms with van der Waals surface area (Å²) in [5, 5.41) is 8.56. The number of carbonyl (C=O) groups excluding carboxylic acids is 1. The molecule has 0 unspecified atom stereocenters. The maximum absolute atomic E-state index is 13.2. The normalized spacial score (nSPS) is 10.9. The van der Waals surface area contributed by atoms with Crippen LogP contribution in [0.1, 0.15) is 5.56 Å². The number of benzene rings is 1. The number of hydrogen-bond donors (Lipinski definition) is 1. The summed E-state index contributed by atoms with van der Waals surface area (Å²) in [6, 6.07) is 5.80. The molecule has 0 heterocycles. The van der Waals surface area contributed by atoms with Crippen molar-refractivity contribution < 1.29 is 9.18 Å². The van der Waals surface area contributed by atoms with Gasteiger partial charge in [-0.2, -0.15) is 5.26 Å². The van der Waals surface area contributed by atoms with Crippen LogP contribution >= 0.6 is 15.9 Å². The van der Waals surface area contributed by atoms with E-state index in [-0.39, 0.29) is 11.1 Å². The predicted molar refractivity (Wildman–Crippen MR) is 56.9 cm³/mol. The fourth-order valence-electron chi connectivity index (χ4n) is 0.939. The molecule has 1 aromatic carbocycles. The van der Waals surface area contributed by atoms with Crippen molar-refractivity contribution in [2.45, 2.75) is 0 Å². The molecule has 0 spiro atoms. The van der Waals surface area contributed by atoms with Gasteiger partial charge in [-0.05, 0) is 24.3 Å². The molecule has 0 fully saturated rings. The molecule has 15 heavy (non-hydrogen) atoms. The molecule has 2 N–H and O–H groups in total. The number of rotatable bonds is 2. The quantitative estimate of drug-likeness (QED) is 0.658. The summed E-state index contributed by atoms with van der Waals surface area (Å²) >= 11 is 3.15. The number of halogens is 2. The highest BCUT2D eigenvalue weighted by Crippen LogP contribution is 2.17. The topological polar surface area (TPSA) is 66.9 Å². The van der Waals surface area contributed by atoms with Gasteiger partial charge >= 0.3 is 0 Å². The summed E-state index contributed by atoms with van der Waals surface area (Å²) in [7, 11) is 0. The van der Waals surface area contributed by atoms with Gasteiger partial charge in [-0.15, -0.1) is 0 Å². The Balaban J connectivity index is 3.23. The van der Waals surface area contributed by atoms with E-state index < -0.39 is 11.7 Å². The Bertz CT molecular complexity index is 477. The zero-order chi connectivity index (χ0) is 11.4. The van der Waals surface area contributed by atoms with E-state index in [0.29, 0.717) is 4.47 Å². The van der Waals surface area contributed by atoms with Gasteiger partial charge in [-0.25, -0.2) is 4.39 Å². The van der Waals surface area contributed by atoms with Crippen LogP contribution < -0.4 is 5.73 Å². The van der Waals surface area contributed by atoms with Crippen LogP contribution in [0.25, 0.3) is 6.08 Å². The van der Waals surface area contributed by atoms with Crippen LogP contribution in [0.5, 0.6) is 0 Å². The third kappa shape index (κ3) is 2.89. The summed E-state index contributed by atoms with van der Waals surface area (Å²) in [4.78, 5) is 10.7. The Morgan fingerprint density at radius 3 is 2.80 bits per heavy atom. The molecule has 1 aromatic rings. The lowest BCUT2D eigenvalue weighted by molar-refractivity contribution is -0.114. The van der Waals surface area contributed by atoms with Crippen molar-refractivity contribution in [1.82, 2.24) is 0 Å². The fraction of sp³-hybridized carbons (Fsp3) is 0. The van der Waals surface area contributed by atoms with Crippen LogP contribution in [0.2, 0.25) is 0 Å². The van der Waals surface area contributed by atoms with E-state index in [1.807, 2.05) is 0 Å². The average Bonchev–Trinajstić information content (AvgIpc) is 2.18. The Kier molecular flexibility index (Phi) is 3.58. The molecule has 0 aromatic heterocycles. The maximum atomic E-state index is 13.2. The van der Waals surface area contributed by atoms with E-state index in [2.05, 4.69) is 15.9 Å². The monoisotopic (exact) mass is 268 g/mol. The standard InChI is InChI=1S/C10H6BrFN2O/c11-8-1-2-9(12)6(4-8)3-7(5-13)10(14)15/h1-4H,(H2,14,15). The fourth-order valence-corrected chi connectivity index (χ4v) is 1.32. The van der Waals surface area contributed by atoms with Crippen molar-refractivity contribution in [3.8, 4) is 6.07 Å². The van der Waals surface area contributed by atoms with Crippen LogP contribution in [-0.2, 0) is 4.79 Å². The summed E-state index contributed by atoms with van der Waals surface area (Å²) in [5.41, 5.74) is 4.77. The first-order chi connectivity index (χ1) is 7.04. The van der Waals surface area contributed by atoms with Crippen molar-refractivity contribution >= 4 is 27.9 Å². The number of nitrogens with two attached hydrogens (primary N) is 1. The van der Waals surface area contributed by atoms with Crippen molar-refractivity contribution in [3.05, 3.63) is 39.6 Å². The number of carbonyl (C=O) groups is 1. The van der Waals surface area contributed by atoms with Crippen LogP contribution in [0.3, 0.4) is 0 Å². The number of nitrogens with zero attached hydrogens (tertiary/aromatic N) is 1.